The van der Waals surface area contributed by atoms with Crippen molar-refractivity contribution in [2.45, 2.75) is 84.0 Å². The summed E-state index contributed by atoms with van der Waals surface area (Å²) < 4.78 is 10.7. The van der Waals surface area contributed by atoms with Crippen LogP contribution in [0.4, 0.5) is 0 Å². The van der Waals surface area contributed by atoms with Crippen molar-refractivity contribution >= 4 is 11.9 Å². The van der Waals surface area contributed by atoms with Gasteiger partial charge in [-0.15, -0.1) is 0 Å². The lowest BCUT2D eigenvalue weighted by molar-refractivity contribution is -0.146. The van der Waals surface area contributed by atoms with Crippen molar-refractivity contribution in [2.24, 2.45) is 5.92 Å². The van der Waals surface area contributed by atoms with Crippen LogP contribution >= 0.6 is 0 Å². The molecule has 0 radical (unpaired) electrons. The topological polar surface area (TPSA) is 52.6 Å². The Labute approximate surface area is 146 Å². The summed E-state index contributed by atoms with van der Waals surface area (Å²) in [6.07, 6.45) is 11.9. The van der Waals surface area contributed by atoms with Crippen LogP contribution in [0, 0.1) is 5.92 Å². The summed E-state index contributed by atoms with van der Waals surface area (Å²) in [5, 5.41) is 0. The highest BCUT2D eigenvalue weighted by molar-refractivity contribution is 5.72. The van der Waals surface area contributed by atoms with E-state index in [1.807, 2.05) is 0 Å². The second-order valence-electron chi connectivity index (χ2n) is 7.29. The Morgan fingerprint density at radius 2 is 1.58 bits per heavy atom. The van der Waals surface area contributed by atoms with Crippen molar-refractivity contribution in [2.75, 3.05) is 13.2 Å². The first-order valence-electron chi connectivity index (χ1n) is 9.64. The lowest BCUT2D eigenvalue weighted by atomic mass is 9.90. The van der Waals surface area contributed by atoms with Crippen LogP contribution in [-0.2, 0) is 19.1 Å². The molecule has 0 bridgehead atoms. The van der Waals surface area contributed by atoms with E-state index in [-0.39, 0.29) is 11.9 Å². The van der Waals surface area contributed by atoms with E-state index in [9.17, 15) is 9.59 Å². The van der Waals surface area contributed by atoms with Crippen LogP contribution in [0.2, 0.25) is 0 Å². The zero-order valence-corrected chi connectivity index (χ0v) is 15.1. The third-order valence-electron chi connectivity index (χ3n) is 5.26. The number of ether oxygens (including phenoxy) is 2. The van der Waals surface area contributed by atoms with Gasteiger partial charge in [0.1, 0.15) is 6.61 Å². The lowest BCUT2D eigenvalue weighted by Gasteiger charge is -2.21. The highest BCUT2D eigenvalue weighted by Crippen LogP contribution is 2.25. The van der Waals surface area contributed by atoms with Gasteiger partial charge in [0, 0.05) is 12.8 Å². The van der Waals surface area contributed by atoms with Crippen LogP contribution < -0.4 is 0 Å². The minimum atomic E-state index is -0.207. The zero-order chi connectivity index (χ0) is 17.2. The Morgan fingerprint density at radius 1 is 0.917 bits per heavy atom. The van der Waals surface area contributed by atoms with Gasteiger partial charge in [-0.3, -0.25) is 9.59 Å². The maximum atomic E-state index is 11.8. The number of allylic oxidation sites excluding steroid dienone is 1. The Morgan fingerprint density at radius 3 is 2.29 bits per heavy atom. The molecule has 0 saturated heterocycles. The lowest BCUT2D eigenvalue weighted by Crippen LogP contribution is -2.17. The van der Waals surface area contributed by atoms with Crippen molar-refractivity contribution in [3.63, 3.8) is 0 Å². The molecule has 2 rings (SSSR count). The van der Waals surface area contributed by atoms with Gasteiger partial charge >= 0.3 is 11.9 Å². The first kappa shape index (κ1) is 19.0. The molecular weight excluding hydrogens is 304 g/mol. The molecule has 0 spiro atoms. The standard InChI is InChI=1S/C20H32O4/c1-16-8-5-6-11-18(16)15-24-20(22)13-7-12-19(21)23-14-17-9-3-2-4-10-17/h17H,2-15H2,1H3. The van der Waals surface area contributed by atoms with Gasteiger partial charge in [-0.2, -0.15) is 0 Å². The minimum Gasteiger partial charge on any atom is -0.465 e. The molecule has 0 amide bonds. The summed E-state index contributed by atoms with van der Waals surface area (Å²) in [5.74, 6) is 0.153. The summed E-state index contributed by atoms with van der Waals surface area (Å²) >= 11 is 0. The Hall–Kier alpha value is -1.32. The van der Waals surface area contributed by atoms with Gasteiger partial charge in [-0.1, -0.05) is 24.8 Å². The molecule has 4 heteroatoms. The number of esters is 2. The summed E-state index contributed by atoms with van der Waals surface area (Å²) in [6, 6.07) is 0. The van der Waals surface area contributed by atoms with Gasteiger partial charge in [-0.25, -0.2) is 0 Å². The van der Waals surface area contributed by atoms with Gasteiger partial charge in [0.25, 0.3) is 0 Å². The summed E-state index contributed by atoms with van der Waals surface area (Å²) in [7, 11) is 0. The average Bonchev–Trinajstić information content (AvgIpc) is 2.60. The van der Waals surface area contributed by atoms with Gasteiger partial charge in [0.2, 0.25) is 0 Å². The predicted molar refractivity (Wildman–Crippen MR) is 93.5 cm³/mol. The summed E-state index contributed by atoms with van der Waals surface area (Å²) in [5.41, 5.74) is 2.65. The van der Waals surface area contributed by atoms with Gasteiger partial charge in [-0.05, 0) is 63.4 Å². The fraction of sp³-hybridized carbons (Fsp3) is 0.800. The molecule has 0 aromatic heterocycles. The Balaban J connectivity index is 1.52. The molecule has 0 heterocycles. The monoisotopic (exact) mass is 336 g/mol. The third-order valence-corrected chi connectivity index (χ3v) is 5.26. The molecule has 24 heavy (non-hydrogen) atoms. The van der Waals surface area contributed by atoms with E-state index in [1.165, 1.54) is 56.1 Å². The number of hydrogen-bond acceptors (Lipinski definition) is 4. The Kier molecular flexibility index (Phi) is 8.34. The SMILES string of the molecule is CC1=C(COC(=O)CCCC(=O)OCC2CCCCC2)CCCC1. The maximum Gasteiger partial charge on any atom is 0.306 e. The van der Waals surface area contributed by atoms with Crippen LogP contribution in [0.25, 0.3) is 0 Å². The normalized spacial score (nSPS) is 19.2. The summed E-state index contributed by atoms with van der Waals surface area (Å²) in [4.78, 5) is 23.5. The molecule has 1 saturated carbocycles. The fourth-order valence-electron chi connectivity index (χ4n) is 3.57. The van der Waals surface area contributed by atoms with E-state index in [4.69, 9.17) is 9.47 Å². The van der Waals surface area contributed by atoms with E-state index in [2.05, 4.69) is 6.92 Å². The second kappa shape index (κ2) is 10.5. The van der Waals surface area contributed by atoms with Crippen LogP contribution in [0.3, 0.4) is 0 Å². The van der Waals surface area contributed by atoms with E-state index in [0.29, 0.717) is 38.4 Å². The molecule has 0 atom stereocenters. The van der Waals surface area contributed by atoms with Crippen molar-refractivity contribution in [1.82, 2.24) is 0 Å². The molecule has 1 fully saturated rings. The van der Waals surface area contributed by atoms with Crippen LogP contribution in [0.1, 0.15) is 84.0 Å². The molecule has 0 N–H and O–H groups in total. The van der Waals surface area contributed by atoms with E-state index >= 15 is 0 Å². The second-order valence-corrected chi connectivity index (χ2v) is 7.29. The predicted octanol–water partition coefficient (Wildman–Crippen LogP) is 4.71. The first-order valence-corrected chi connectivity index (χ1v) is 9.64. The van der Waals surface area contributed by atoms with Gasteiger partial charge in [0.05, 0.1) is 6.61 Å². The van der Waals surface area contributed by atoms with Crippen molar-refractivity contribution in [1.29, 1.82) is 0 Å². The van der Waals surface area contributed by atoms with Crippen LogP contribution in [0.15, 0.2) is 11.1 Å². The molecule has 0 aromatic rings. The Bertz CT molecular complexity index is 447. The summed E-state index contributed by atoms with van der Waals surface area (Å²) in [6.45, 7) is 3.11. The quantitative estimate of drug-likeness (QED) is 0.475. The van der Waals surface area contributed by atoms with Crippen molar-refractivity contribution in [3.05, 3.63) is 11.1 Å². The average molecular weight is 336 g/mol. The highest BCUT2D eigenvalue weighted by Gasteiger charge is 2.16. The number of hydrogen-bond donors (Lipinski definition) is 0. The molecule has 2 aliphatic rings. The number of carbonyl (C=O) groups is 2. The third kappa shape index (κ3) is 7.06. The fourth-order valence-corrected chi connectivity index (χ4v) is 3.57. The molecule has 136 valence electrons. The first-order chi connectivity index (χ1) is 11.6. The van der Waals surface area contributed by atoms with Crippen LogP contribution in [0.5, 0.6) is 0 Å². The van der Waals surface area contributed by atoms with Crippen molar-refractivity contribution < 1.29 is 19.1 Å². The smallest absolute Gasteiger partial charge is 0.306 e. The maximum absolute atomic E-state index is 11.8. The highest BCUT2D eigenvalue weighted by atomic mass is 16.5. The van der Waals surface area contributed by atoms with E-state index < -0.39 is 0 Å². The minimum absolute atomic E-state index is 0.181. The number of carbonyl (C=O) groups excluding carboxylic acids is 2. The van der Waals surface area contributed by atoms with E-state index in [0.717, 1.165) is 12.8 Å². The molecule has 0 aromatic carbocycles. The molecule has 2 aliphatic carbocycles. The molecule has 0 aliphatic heterocycles. The van der Waals surface area contributed by atoms with Gasteiger partial charge in [0.15, 0.2) is 0 Å². The number of rotatable bonds is 8. The van der Waals surface area contributed by atoms with E-state index in [1.54, 1.807) is 0 Å². The van der Waals surface area contributed by atoms with Crippen LogP contribution in [-0.4, -0.2) is 25.2 Å². The largest absolute Gasteiger partial charge is 0.465 e. The molecule has 0 unspecified atom stereocenters. The van der Waals surface area contributed by atoms with Gasteiger partial charge < -0.3 is 9.47 Å². The van der Waals surface area contributed by atoms with Crippen molar-refractivity contribution in [3.8, 4) is 0 Å². The molecule has 4 nitrogen and oxygen atoms in total. The molecular formula is C20H32O4. The zero-order valence-electron chi connectivity index (χ0n) is 15.1.